The molecule has 3 heterocycles. The molecule has 156 valence electrons. The van der Waals surface area contributed by atoms with E-state index >= 15 is 0 Å². The van der Waals surface area contributed by atoms with Gasteiger partial charge in [0.1, 0.15) is 11.1 Å². The first kappa shape index (κ1) is 20.1. The fourth-order valence-electron chi connectivity index (χ4n) is 3.90. The van der Waals surface area contributed by atoms with Crippen LogP contribution in [0, 0.1) is 0 Å². The van der Waals surface area contributed by atoms with E-state index in [1.165, 1.54) is 16.2 Å². The number of nitrogens with zero attached hydrogens (tertiary/aromatic N) is 3. The first-order valence-corrected chi connectivity index (χ1v) is 11.4. The van der Waals surface area contributed by atoms with Crippen molar-refractivity contribution in [3.8, 4) is 0 Å². The number of hydrogen-bond donors (Lipinski definition) is 0. The zero-order valence-corrected chi connectivity index (χ0v) is 19.5. The summed E-state index contributed by atoms with van der Waals surface area (Å²) in [7, 11) is 0. The summed E-state index contributed by atoms with van der Waals surface area (Å²) < 4.78 is 6.72. The Bertz CT molecular complexity index is 1370. The molecule has 0 radical (unpaired) electrons. The lowest BCUT2D eigenvalue weighted by Gasteiger charge is -2.24. The van der Waals surface area contributed by atoms with Gasteiger partial charge in [0.2, 0.25) is 10.9 Å². The van der Waals surface area contributed by atoms with Gasteiger partial charge in [0.05, 0.1) is 17.0 Å². The Labute approximate surface area is 190 Å². The summed E-state index contributed by atoms with van der Waals surface area (Å²) in [4.78, 5) is 28.4. The predicted molar refractivity (Wildman–Crippen MR) is 124 cm³/mol. The highest BCUT2D eigenvalue weighted by Gasteiger charge is 2.45. The molecule has 4 aromatic rings. The summed E-state index contributed by atoms with van der Waals surface area (Å²) in [6, 6.07) is 12.6. The average Bonchev–Trinajstić information content (AvgIpc) is 3.35. The van der Waals surface area contributed by atoms with Gasteiger partial charge in [-0.05, 0) is 34.7 Å². The highest BCUT2D eigenvalue weighted by atomic mass is 79.9. The quantitative estimate of drug-likeness (QED) is 0.369. The summed E-state index contributed by atoms with van der Waals surface area (Å²) in [6.45, 7) is 6.42. The number of hydrogen-bond acceptors (Lipinski definition) is 6. The second kappa shape index (κ2) is 7.10. The number of aromatic nitrogens is 2. The van der Waals surface area contributed by atoms with Crippen molar-refractivity contribution in [2.24, 2.45) is 0 Å². The molecule has 1 atom stereocenters. The van der Waals surface area contributed by atoms with Crippen molar-refractivity contribution < 1.29 is 9.21 Å². The maximum absolute atomic E-state index is 13.6. The van der Waals surface area contributed by atoms with Gasteiger partial charge in [0, 0.05) is 4.47 Å². The zero-order valence-electron chi connectivity index (χ0n) is 17.0. The molecule has 31 heavy (non-hydrogen) atoms. The molecule has 0 N–H and O–H groups in total. The van der Waals surface area contributed by atoms with Gasteiger partial charge in [-0.2, -0.15) is 0 Å². The summed E-state index contributed by atoms with van der Waals surface area (Å²) in [6.07, 6.45) is 0. The van der Waals surface area contributed by atoms with Gasteiger partial charge in [-0.25, -0.2) is 0 Å². The highest BCUT2D eigenvalue weighted by molar-refractivity contribution is 9.10. The monoisotopic (exact) mass is 495 g/mol. The molecule has 1 amide bonds. The van der Waals surface area contributed by atoms with Crippen molar-refractivity contribution in [3.05, 3.63) is 85.1 Å². The van der Waals surface area contributed by atoms with E-state index in [0.717, 1.165) is 15.6 Å². The Morgan fingerprint density at radius 2 is 1.84 bits per heavy atom. The van der Waals surface area contributed by atoms with Gasteiger partial charge in [0.25, 0.3) is 5.91 Å². The minimum Gasteiger partial charge on any atom is -0.450 e. The molecule has 0 spiro atoms. The molecule has 2 aromatic carbocycles. The fraction of sp³-hybridized carbons (Fsp3) is 0.217. The van der Waals surface area contributed by atoms with Gasteiger partial charge in [-0.15, -0.1) is 10.2 Å². The molecule has 0 aliphatic carbocycles. The minimum absolute atomic E-state index is 0.0116. The summed E-state index contributed by atoms with van der Waals surface area (Å²) in [5.74, 6) is -0.335. The first-order chi connectivity index (χ1) is 14.8. The summed E-state index contributed by atoms with van der Waals surface area (Å²) in [5, 5.41) is 8.84. The van der Waals surface area contributed by atoms with Crippen LogP contribution in [0.5, 0.6) is 0 Å². The van der Waals surface area contributed by atoms with Crippen molar-refractivity contribution in [2.45, 2.75) is 32.2 Å². The van der Waals surface area contributed by atoms with Crippen LogP contribution in [0.1, 0.15) is 54.1 Å². The van der Waals surface area contributed by atoms with Crippen molar-refractivity contribution in [1.82, 2.24) is 10.2 Å². The third kappa shape index (κ3) is 3.21. The molecular weight excluding hydrogens is 478 g/mol. The molecule has 1 aliphatic rings. The van der Waals surface area contributed by atoms with Crippen LogP contribution in [0.25, 0.3) is 11.0 Å². The standard InChI is InChI=1S/C23H18BrN3O3S/c1-23(2,3)13-6-4-12(5-7-13)18-17-19(28)15-10-14(24)8-9-16(15)30-20(17)21(29)27(18)22-26-25-11-31-22/h4-11,18H,1-3H3. The van der Waals surface area contributed by atoms with E-state index in [-0.39, 0.29) is 16.6 Å². The topological polar surface area (TPSA) is 76.3 Å². The van der Waals surface area contributed by atoms with Crippen LogP contribution in [-0.2, 0) is 5.41 Å². The maximum atomic E-state index is 13.6. The van der Waals surface area contributed by atoms with Gasteiger partial charge < -0.3 is 4.42 Å². The molecule has 1 aliphatic heterocycles. The van der Waals surface area contributed by atoms with E-state index < -0.39 is 11.9 Å². The zero-order chi connectivity index (χ0) is 21.9. The van der Waals surface area contributed by atoms with Crippen LogP contribution >= 0.6 is 27.3 Å². The van der Waals surface area contributed by atoms with Crippen molar-refractivity contribution in [3.63, 3.8) is 0 Å². The third-order valence-electron chi connectivity index (χ3n) is 5.48. The number of benzene rings is 2. The van der Waals surface area contributed by atoms with Crippen LogP contribution < -0.4 is 10.3 Å². The van der Waals surface area contributed by atoms with Gasteiger partial charge in [-0.3, -0.25) is 14.5 Å². The van der Waals surface area contributed by atoms with E-state index in [1.54, 1.807) is 23.7 Å². The average molecular weight is 496 g/mol. The molecular formula is C23H18BrN3O3S. The summed E-state index contributed by atoms with van der Waals surface area (Å²) in [5.41, 5.74) is 4.02. The number of halogens is 1. The van der Waals surface area contributed by atoms with Gasteiger partial charge >= 0.3 is 0 Å². The molecule has 0 fully saturated rings. The Balaban J connectivity index is 1.77. The predicted octanol–water partition coefficient (Wildman–Crippen LogP) is 5.45. The minimum atomic E-state index is -0.635. The lowest BCUT2D eigenvalue weighted by molar-refractivity contribution is 0.0970. The van der Waals surface area contributed by atoms with Crippen molar-refractivity contribution in [2.75, 3.05) is 4.90 Å². The van der Waals surface area contributed by atoms with Crippen LogP contribution in [0.2, 0.25) is 0 Å². The molecule has 0 saturated heterocycles. The largest absolute Gasteiger partial charge is 0.450 e. The van der Waals surface area contributed by atoms with Crippen LogP contribution in [-0.4, -0.2) is 16.1 Å². The number of carbonyl (C=O) groups is 1. The normalized spacial score (nSPS) is 16.2. The third-order valence-corrected chi connectivity index (χ3v) is 6.66. The fourth-order valence-corrected chi connectivity index (χ4v) is 4.84. The second-order valence-electron chi connectivity index (χ2n) is 8.49. The SMILES string of the molecule is CC(C)(C)c1ccc(C2c3c(oc4ccc(Br)cc4c3=O)C(=O)N2c2nncs2)cc1. The van der Waals surface area contributed by atoms with Crippen LogP contribution in [0.4, 0.5) is 5.13 Å². The Kier molecular flexibility index (Phi) is 4.60. The number of anilines is 1. The van der Waals surface area contributed by atoms with Crippen molar-refractivity contribution >= 4 is 49.3 Å². The second-order valence-corrected chi connectivity index (χ2v) is 10.2. The molecule has 2 aromatic heterocycles. The number of amides is 1. The molecule has 6 nitrogen and oxygen atoms in total. The van der Waals surface area contributed by atoms with Crippen LogP contribution in [0.15, 0.2) is 61.7 Å². The van der Waals surface area contributed by atoms with Gasteiger partial charge in [0.15, 0.2) is 5.43 Å². The molecule has 0 saturated carbocycles. The Morgan fingerprint density at radius 1 is 1.10 bits per heavy atom. The van der Waals surface area contributed by atoms with E-state index in [0.29, 0.717) is 21.7 Å². The number of fused-ring (bicyclic) bond motifs is 2. The lowest BCUT2D eigenvalue weighted by atomic mass is 9.86. The smallest absolute Gasteiger partial charge is 0.297 e. The molecule has 0 bridgehead atoms. The first-order valence-electron chi connectivity index (χ1n) is 9.72. The maximum Gasteiger partial charge on any atom is 0.297 e. The lowest BCUT2D eigenvalue weighted by Crippen LogP contribution is -2.29. The van der Waals surface area contributed by atoms with E-state index in [2.05, 4.69) is 46.9 Å². The number of rotatable bonds is 2. The molecule has 8 heteroatoms. The number of carbonyl (C=O) groups excluding carboxylic acids is 1. The van der Waals surface area contributed by atoms with E-state index in [9.17, 15) is 9.59 Å². The van der Waals surface area contributed by atoms with E-state index in [4.69, 9.17) is 4.42 Å². The van der Waals surface area contributed by atoms with Crippen molar-refractivity contribution in [1.29, 1.82) is 0 Å². The Morgan fingerprint density at radius 3 is 2.48 bits per heavy atom. The summed E-state index contributed by atoms with van der Waals surface area (Å²) >= 11 is 4.66. The van der Waals surface area contributed by atoms with E-state index in [1.807, 2.05) is 24.3 Å². The highest BCUT2D eigenvalue weighted by Crippen LogP contribution is 2.42. The van der Waals surface area contributed by atoms with Crippen LogP contribution in [0.3, 0.4) is 0 Å². The Hall–Kier alpha value is -2.84. The van der Waals surface area contributed by atoms with Gasteiger partial charge in [-0.1, -0.05) is 72.3 Å². The molecule has 5 rings (SSSR count). The molecule has 1 unspecified atom stereocenters.